The summed E-state index contributed by atoms with van der Waals surface area (Å²) in [6.07, 6.45) is 7.86. The van der Waals surface area contributed by atoms with Gasteiger partial charge in [-0.3, -0.25) is 0 Å². The average Bonchev–Trinajstić information content (AvgIpc) is 3.18. The Morgan fingerprint density at radius 3 is 2.31 bits per heavy atom. The molecule has 0 unspecified atom stereocenters. The van der Waals surface area contributed by atoms with E-state index in [1.165, 1.54) is 0 Å². The number of benzene rings is 2. The second-order valence-corrected chi connectivity index (χ2v) is 15.2. The molecule has 1 aliphatic carbocycles. The first kappa shape index (κ1) is 37.5. The van der Waals surface area contributed by atoms with Gasteiger partial charge in [-0.2, -0.15) is 0 Å². The summed E-state index contributed by atoms with van der Waals surface area (Å²) in [7, 11) is 6.48. The van der Waals surface area contributed by atoms with Crippen LogP contribution >= 0.6 is 0 Å². The van der Waals surface area contributed by atoms with Crippen LogP contribution in [0.25, 0.3) is 21.9 Å². The third-order valence-electron chi connectivity index (χ3n) is 11.4. The maximum absolute atomic E-state index is 17.4. The monoisotopic (exact) mass is 730 g/mol. The van der Waals surface area contributed by atoms with Crippen LogP contribution in [0.4, 0.5) is 21.7 Å². The number of likely N-dealkylation sites (N-methyl/N-ethyl adjacent to an activating group) is 1. The molecule has 3 aromatic heterocycles. The molecule has 0 radical (unpaired) electrons. The maximum Gasteiger partial charge on any atom is 0.219 e. The van der Waals surface area contributed by atoms with Crippen molar-refractivity contribution in [2.45, 2.75) is 71.7 Å². The summed E-state index contributed by atoms with van der Waals surface area (Å²) in [5.41, 5.74) is 5.97. The number of hydrogen-bond donors (Lipinski definition) is 1. The molecule has 2 aliphatic rings. The van der Waals surface area contributed by atoms with Crippen molar-refractivity contribution in [1.29, 1.82) is 0 Å². The van der Waals surface area contributed by atoms with E-state index in [0.29, 0.717) is 48.7 Å². The van der Waals surface area contributed by atoms with Crippen LogP contribution < -0.4 is 19.9 Å². The van der Waals surface area contributed by atoms with Crippen molar-refractivity contribution < 1.29 is 9.13 Å². The van der Waals surface area contributed by atoms with Crippen molar-refractivity contribution in [2.24, 2.45) is 0 Å². The molecule has 1 aliphatic heterocycles. The van der Waals surface area contributed by atoms with Crippen LogP contribution in [-0.2, 0) is 13.2 Å². The largest absolute Gasteiger partial charge is 0.473 e. The minimum Gasteiger partial charge on any atom is -0.473 e. The highest BCUT2D eigenvalue weighted by atomic mass is 19.1. The minimum absolute atomic E-state index is 0.208. The van der Waals surface area contributed by atoms with Crippen LogP contribution in [0.3, 0.4) is 0 Å². The molecule has 0 spiro atoms. The van der Waals surface area contributed by atoms with Gasteiger partial charge in [-0.15, -0.1) is 0 Å². The molecule has 1 saturated heterocycles. The molecule has 2 fully saturated rings. The lowest BCUT2D eigenvalue weighted by Crippen LogP contribution is -2.44. The molecule has 7 rings (SSSR count). The van der Waals surface area contributed by atoms with E-state index in [1.54, 1.807) is 6.20 Å². The highest BCUT2D eigenvalue weighted by Gasteiger charge is 2.30. The number of ether oxygens (including phenoxy) is 1. The number of hydrogen-bond acceptors (Lipinski definition) is 9. The lowest BCUT2D eigenvalue weighted by molar-refractivity contribution is 0.214. The molecule has 284 valence electrons. The van der Waals surface area contributed by atoms with Gasteiger partial charge in [0.1, 0.15) is 18.2 Å². The van der Waals surface area contributed by atoms with Crippen LogP contribution in [-0.4, -0.2) is 90.7 Å². The van der Waals surface area contributed by atoms with Crippen molar-refractivity contribution in [3.05, 3.63) is 101 Å². The van der Waals surface area contributed by atoms with E-state index in [-0.39, 0.29) is 11.9 Å². The third kappa shape index (κ3) is 8.15. The summed E-state index contributed by atoms with van der Waals surface area (Å²) in [4.78, 5) is 23.8. The second-order valence-electron chi connectivity index (χ2n) is 15.2. The third-order valence-corrected chi connectivity index (χ3v) is 11.4. The molecule has 10 heteroatoms. The summed E-state index contributed by atoms with van der Waals surface area (Å²) in [6, 6.07) is 21.0. The Morgan fingerprint density at radius 1 is 0.889 bits per heavy atom. The van der Waals surface area contributed by atoms with E-state index in [2.05, 4.69) is 78.1 Å². The van der Waals surface area contributed by atoms with Crippen molar-refractivity contribution in [2.75, 3.05) is 69.0 Å². The molecule has 54 heavy (non-hydrogen) atoms. The zero-order valence-electron chi connectivity index (χ0n) is 32.8. The molecule has 0 atom stereocenters. The predicted molar refractivity (Wildman–Crippen MR) is 219 cm³/mol. The summed E-state index contributed by atoms with van der Waals surface area (Å²) in [5, 5.41) is 5.36. The fraction of sp³-hybridized carbons (Fsp3) is 0.432. The van der Waals surface area contributed by atoms with Crippen LogP contribution in [0.1, 0.15) is 55.0 Å². The van der Waals surface area contributed by atoms with Gasteiger partial charge in [0.25, 0.3) is 0 Å². The molecule has 1 saturated carbocycles. The Kier molecular flexibility index (Phi) is 11.6. The molecule has 0 amide bonds. The normalized spacial score (nSPS) is 18.0. The SMILES string of the molecule is CCN(c1c(F)c(-c2ccc(N3CCN(C)CC3)nc2)cc2c(NCc3c(C)cc(C)nc3OCc3ccccc3)nccc12)[C@H]1CC[C@@H](N(C)C)CC1. The molecular weight excluding hydrogens is 676 g/mol. The van der Waals surface area contributed by atoms with Gasteiger partial charge in [0, 0.05) is 96.9 Å². The van der Waals surface area contributed by atoms with E-state index >= 15 is 4.39 Å². The number of anilines is 3. The van der Waals surface area contributed by atoms with Gasteiger partial charge in [-0.05, 0) is 109 Å². The summed E-state index contributed by atoms with van der Waals surface area (Å²) < 4.78 is 23.7. The van der Waals surface area contributed by atoms with Crippen molar-refractivity contribution >= 4 is 28.1 Å². The Labute approximate surface area is 320 Å². The Bertz CT molecular complexity index is 2020. The molecule has 1 N–H and O–H groups in total. The van der Waals surface area contributed by atoms with Gasteiger partial charge in [0.2, 0.25) is 5.88 Å². The minimum atomic E-state index is -0.208. The Balaban J connectivity index is 1.26. The second kappa shape index (κ2) is 16.7. The molecule has 9 nitrogen and oxygen atoms in total. The molecule has 2 aromatic carbocycles. The van der Waals surface area contributed by atoms with Gasteiger partial charge in [-0.1, -0.05) is 30.3 Å². The van der Waals surface area contributed by atoms with Gasteiger partial charge in [-0.25, -0.2) is 19.3 Å². The number of pyridine rings is 3. The first-order valence-electron chi connectivity index (χ1n) is 19.5. The number of fused-ring (bicyclic) bond motifs is 1. The summed E-state index contributed by atoms with van der Waals surface area (Å²) in [5.74, 6) is 2.02. The van der Waals surface area contributed by atoms with Gasteiger partial charge in [0.05, 0.1) is 5.69 Å². The number of nitrogens with one attached hydrogen (secondary N) is 1. The fourth-order valence-corrected chi connectivity index (χ4v) is 8.23. The van der Waals surface area contributed by atoms with Crippen LogP contribution in [0, 0.1) is 19.7 Å². The predicted octanol–water partition coefficient (Wildman–Crippen LogP) is 8.09. The fourth-order valence-electron chi connectivity index (χ4n) is 8.23. The number of rotatable bonds is 12. The highest BCUT2D eigenvalue weighted by Crippen LogP contribution is 2.42. The first-order valence-corrected chi connectivity index (χ1v) is 19.5. The van der Waals surface area contributed by atoms with E-state index in [0.717, 1.165) is 96.4 Å². The number of nitrogens with zero attached hydrogens (tertiary/aromatic N) is 7. The smallest absolute Gasteiger partial charge is 0.219 e. The maximum atomic E-state index is 17.4. The quantitative estimate of drug-likeness (QED) is 0.137. The zero-order valence-corrected chi connectivity index (χ0v) is 32.8. The van der Waals surface area contributed by atoms with Crippen molar-refractivity contribution in [1.82, 2.24) is 24.8 Å². The van der Waals surface area contributed by atoms with Crippen molar-refractivity contribution in [3.63, 3.8) is 0 Å². The van der Waals surface area contributed by atoms with E-state index < -0.39 is 0 Å². The van der Waals surface area contributed by atoms with Gasteiger partial charge < -0.3 is 29.7 Å². The zero-order chi connectivity index (χ0) is 37.8. The lowest BCUT2D eigenvalue weighted by Gasteiger charge is -2.40. The van der Waals surface area contributed by atoms with Crippen molar-refractivity contribution in [3.8, 4) is 17.0 Å². The Morgan fingerprint density at radius 2 is 1.63 bits per heavy atom. The van der Waals surface area contributed by atoms with Gasteiger partial charge in [0.15, 0.2) is 5.82 Å². The summed E-state index contributed by atoms with van der Waals surface area (Å²) in [6.45, 7) is 11.6. The van der Waals surface area contributed by atoms with E-state index in [1.807, 2.05) is 55.6 Å². The number of aryl methyl sites for hydroxylation is 2. The lowest BCUT2D eigenvalue weighted by atomic mass is 9.88. The van der Waals surface area contributed by atoms with E-state index in [9.17, 15) is 0 Å². The molecule has 4 heterocycles. The molecule has 5 aromatic rings. The average molecular weight is 731 g/mol. The highest BCUT2D eigenvalue weighted by molar-refractivity contribution is 6.03. The standard InChI is InChI=1S/C44H55FN8O/c1-7-53(35-16-14-34(15-17-35)50(4)5)42-36-19-20-46-43(48-28-39-30(2)25-31(3)49-44(39)54-29-32-11-9-8-10-12-32)38(36)26-37(41(42)45)33-13-18-40(47-27-33)52-23-21-51(6)22-24-52/h8-13,18-20,25-27,34-35H,7,14-17,21-24,28-29H2,1-6H3,(H,46,48)/t34-,35+. The topological polar surface area (TPSA) is 72.9 Å². The van der Waals surface area contributed by atoms with Crippen LogP contribution in [0.5, 0.6) is 5.88 Å². The first-order chi connectivity index (χ1) is 26.2. The molecule has 0 bridgehead atoms. The molecular formula is C44H55FN8O. The summed E-state index contributed by atoms with van der Waals surface area (Å²) >= 11 is 0. The van der Waals surface area contributed by atoms with Crippen LogP contribution in [0.2, 0.25) is 0 Å². The number of aromatic nitrogens is 3. The van der Waals surface area contributed by atoms with E-state index in [4.69, 9.17) is 19.7 Å². The number of piperazine rings is 1. The number of halogens is 1. The van der Waals surface area contributed by atoms with Gasteiger partial charge >= 0.3 is 0 Å². The Hall–Kier alpha value is -4.80. The van der Waals surface area contributed by atoms with Crippen LogP contribution in [0.15, 0.2) is 73.1 Å².